The predicted octanol–water partition coefficient (Wildman–Crippen LogP) is 2.48. The van der Waals surface area contributed by atoms with Gasteiger partial charge in [-0.25, -0.2) is 9.59 Å². The zero-order valence-electron chi connectivity index (χ0n) is 15.7. The number of carbonyl (C=O) groups is 2. The molecule has 2 rings (SSSR count). The average Bonchev–Trinajstić information content (AvgIpc) is 3.13. The van der Waals surface area contributed by atoms with Crippen LogP contribution in [0.2, 0.25) is 0 Å². The van der Waals surface area contributed by atoms with Crippen LogP contribution in [0.15, 0.2) is 12.1 Å². The Morgan fingerprint density at radius 3 is 1.53 bits per heavy atom. The minimum Gasteiger partial charge on any atom is -0.464 e. The lowest BCUT2D eigenvalue weighted by molar-refractivity contribution is -0.276. The molecule has 168 valence electrons. The Hall–Kier alpha value is -3.10. The van der Waals surface area contributed by atoms with Gasteiger partial charge in [-0.15, -0.1) is 32.1 Å². The van der Waals surface area contributed by atoms with Crippen molar-refractivity contribution in [3.63, 3.8) is 0 Å². The number of aryl methyl sites for hydroxylation is 2. The summed E-state index contributed by atoms with van der Waals surface area (Å²) in [6, 6.07) is 1.85. The van der Waals surface area contributed by atoms with Gasteiger partial charge in [-0.05, 0) is 0 Å². The fraction of sp³-hybridized carbons (Fsp3) is 0.429. The summed E-state index contributed by atoms with van der Waals surface area (Å²) < 4.78 is 77.9. The van der Waals surface area contributed by atoms with Gasteiger partial charge in [-0.2, -0.15) is 0 Å². The lowest BCUT2D eigenvalue weighted by Gasteiger charge is -2.05. The lowest BCUT2D eigenvalue weighted by atomic mass is 10.4. The Morgan fingerprint density at radius 1 is 0.867 bits per heavy atom. The molecule has 30 heavy (non-hydrogen) atoms. The Morgan fingerprint density at radius 2 is 1.23 bits per heavy atom. The third-order valence-corrected chi connectivity index (χ3v) is 3.02. The molecule has 0 spiro atoms. The minimum absolute atomic E-state index is 0.0200. The molecule has 0 aliphatic heterocycles. The van der Waals surface area contributed by atoms with Crippen LogP contribution >= 0.6 is 11.6 Å². The number of esters is 2. The third-order valence-electron chi connectivity index (χ3n) is 2.94. The van der Waals surface area contributed by atoms with Crippen molar-refractivity contribution in [2.45, 2.75) is 11.9 Å². The van der Waals surface area contributed by atoms with Crippen LogP contribution in [0.25, 0.3) is 0 Å². The summed E-state index contributed by atoms with van der Waals surface area (Å²) in [6.45, 7) is 0. The summed E-state index contributed by atoms with van der Waals surface area (Å²) in [7, 11) is 4.95. The van der Waals surface area contributed by atoms with Crippen molar-refractivity contribution in [2.24, 2.45) is 14.1 Å². The first-order valence-corrected chi connectivity index (χ1v) is 7.80. The van der Waals surface area contributed by atoms with Crippen LogP contribution in [0.3, 0.4) is 0 Å². The van der Waals surface area contributed by atoms with Crippen LogP contribution in [0.5, 0.6) is 11.8 Å². The number of hydrogen-bond acceptors (Lipinski definition) is 8. The van der Waals surface area contributed by atoms with E-state index >= 15 is 0 Å². The molecule has 2 heterocycles. The number of methoxy groups -OCH3 is 2. The predicted molar refractivity (Wildman–Crippen MR) is 87.2 cm³/mol. The minimum atomic E-state index is -4.83. The summed E-state index contributed by atoms with van der Waals surface area (Å²) in [4.78, 5) is 22.0. The first-order chi connectivity index (χ1) is 13.7. The van der Waals surface area contributed by atoms with E-state index in [4.69, 9.17) is 0 Å². The molecule has 0 bridgehead atoms. The third kappa shape index (κ3) is 7.73. The second kappa shape index (κ2) is 9.60. The fourth-order valence-corrected chi connectivity index (χ4v) is 1.89. The maximum atomic E-state index is 12.2. The Balaban J connectivity index is 0.000000300. The van der Waals surface area contributed by atoms with Gasteiger partial charge < -0.3 is 18.9 Å². The van der Waals surface area contributed by atoms with Gasteiger partial charge in [-0.3, -0.25) is 9.36 Å². The zero-order chi connectivity index (χ0) is 23.3. The van der Waals surface area contributed by atoms with Crippen molar-refractivity contribution in [3.05, 3.63) is 23.5 Å². The van der Waals surface area contributed by atoms with E-state index in [0.29, 0.717) is 0 Å². The molecule has 0 aliphatic rings. The molecule has 2 aromatic heterocycles. The van der Waals surface area contributed by atoms with Crippen molar-refractivity contribution in [1.29, 1.82) is 0 Å². The van der Waals surface area contributed by atoms with Crippen LogP contribution in [-0.4, -0.2) is 57.6 Å². The van der Waals surface area contributed by atoms with E-state index in [0.717, 1.165) is 35.7 Å². The summed E-state index contributed by atoms with van der Waals surface area (Å²) >= 11 is 4.52. The highest BCUT2D eigenvalue weighted by Crippen LogP contribution is 2.24. The number of hydrogen-bond donors (Lipinski definition) is 0. The molecule has 0 saturated heterocycles. The van der Waals surface area contributed by atoms with Crippen LogP contribution in [0.4, 0.5) is 22.0 Å². The highest BCUT2D eigenvalue weighted by Gasteiger charge is 2.33. The summed E-state index contributed by atoms with van der Waals surface area (Å²) in [5, 5.41) is 6.83. The smallest absolute Gasteiger partial charge is 0.464 e. The standard InChI is InChI=1S/C7H7ClF2N2O3.C7H7F3N2O3/c2*1-12-4(6(13)14-2)3-5(11-12)15-7(8,9)10/h2*3H,1-2H3. The van der Waals surface area contributed by atoms with Crippen molar-refractivity contribution in [3.8, 4) is 11.8 Å². The molecule has 0 saturated carbocycles. The maximum Gasteiger partial charge on any atom is 0.574 e. The summed E-state index contributed by atoms with van der Waals surface area (Å²) in [5.41, 5.74) is -4.01. The Labute approximate surface area is 170 Å². The molecule has 0 N–H and O–H groups in total. The van der Waals surface area contributed by atoms with E-state index in [9.17, 15) is 31.5 Å². The normalized spacial score (nSPS) is 11.3. The Bertz CT molecular complexity index is 820. The van der Waals surface area contributed by atoms with Gasteiger partial charge in [0.2, 0.25) is 11.8 Å². The molecular weight excluding hydrogens is 451 g/mol. The van der Waals surface area contributed by atoms with Gasteiger partial charge in [0.05, 0.1) is 14.2 Å². The second-order valence-electron chi connectivity index (χ2n) is 5.06. The van der Waals surface area contributed by atoms with Gasteiger partial charge >= 0.3 is 23.9 Å². The first-order valence-electron chi connectivity index (χ1n) is 7.43. The van der Waals surface area contributed by atoms with Gasteiger partial charge in [0.25, 0.3) is 0 Å². The number of halogens is 6. The van der Waals surface area contributed by atoms with Gasteiger partial charge in [-0.1, -0.05) is 0 Å². The van der Waals surface area contributed by atoms with Gasteiger partial charge in [0.1, 0.15) is 11.4 Å². The molecule has 0 aliphatic carbocycles. The topological polar surface area (TPSA) is 107 Å². The number of carbonyl (C=O) groups excluding carboxylic acids is 2. The molecule has 0 fully saturated rings. The molecule has 0 atom stereocenters. The van der Waals surface area contributed by atoms with E-state index in [-0.39, 0.29) is 11.4 Å². The number of alkyl halides is 6. The Kier molecular flexibility index (Phi) is 7.98. The van der Waals surface area contributed by atoms with E-state index in [1.807, 2.05) is 0 Å². The van der Waals surface area contributed by atoms with Crippen LogP contribution in [0.1, 0.15) is 21.0 Å². The number of ether oxygens (including phenoxy) is 4. The van der Waals surface area contributed by atoms with E-state index in [2.05, 4.69) is 40.7 Å². The maximum absolute atomic E-state index is 12.2. The quantitative estimate of drug-likeness (QED) is 0.377. The van der Waals surface area contributed by atoms with E-state index in [1.54, 1.807) is 0 Å². The number of rotatable bonds is 5. The average molecular weight is 465 g/mol. The van der Waals surface area contributed by atoms with Crippen molar-refractivity contribution < 1.29 is 50.5 Å². The van der Waals surface area contributed by atoms with Crippen molar-refractivity contribution in [2.75, 3.05) is 14.2 Å². The van der Waals surface area contributed by atoms with E-state index < -0.39 is 35.6 Å². The van der Waals surface area contributed by atoms with Crippen LogP contribution in [0, 0.1) is 0 Å². The van der Waals surface area contributed by atoms with Crippen molar-refractivity contribution in [1.82, 2.24) is 19.6 Å². The second-order valence-corrected chi connectivity index (χ2v) is 5.50. The van der Waals surface area contributed by atoms with Gasteiger partial charge in [0, 0.05) is 37.8 Å². The molecule has 0 unspecified atom stereocenters. The van der Waals surface area contributed by atoms with Crippen molar-refractivity contribution >= 4 is 23.5 Å². The monoisotopic (exact) mass is 464 g/mol. The first kappa shape index (κ1) is 24.9. The summed E-state index contributed by atoms with van der Waals surface area (Å²) in [5.74, 6) is -2.66. The number of nitrogens with zero attached hydrogens (tertiary/aromatic N) is 4. The molecule has 10 nitrogen and oxygen atoms in total. The lowest BCUT2D eigenvalue weighted by Crippen LogP contribution is -2.17. The zero-order valence-corrected chi connectivity index (χ0v) is 16.4. The van der Waals surface area contributed by atoms with Gasteiger partial charge in [0.15, 0.2) is 0 Å². The molecule has 0 aromatic carbocycles. The number of aromatic nitrogens is 4. The highest BCUT2D eigenvalue weighted by molar-refractivity contribution is 6.20. The van der Waals surface area contributed by atoms with Crippen LogP contribution < -0.4 is 9.47 Å². The molecular formula is C14H14ClF5N4O6. The van der Waals surface area contributed by atoms with Crippen LogP contribution in [-0.2, 0) is 23.6 Å². The molecule has 0 radical (unpaired) electrons. The van der Waals surface area contributed by atoms with E-state index in [1.165, 1.54) is 14.1 Å². The largest absolute Gasteiger partial charge is 0.574 e. The summed E-state index contributed by atoms with van der Waals surface area (Å²) in [6.07, 6.45) is -4.83. The fourth-order valence-electron chi connectivity index (χ4n) is 1.81. The highest BCUT2D eigenvalue weighted by atomic mass is 35.5. The SMILES string of the molecule is COC(=O)c1cc(OC(F)(F)Cl)nn1C.COC(=O)c1cc(OC(F)(F)F)nn1C. The molecule has 2 aromatic rings. The molecule has 0 amide bonds. The molecule has 16 heteroatoms.